The zero-order valence-electron chi connectivity index (χ0n) is 19.1. The lowest BCUT2D eigenvalue weighted by Gasteiger charge is -2.30. The number of ether oxygens (including phenoxy) is 2. The number of carbonyl (C=O) groups is 1. The smallest absolute Gasteiger partial charge is 0.218 e. The fourth-order valence-electron chi connectivity index (χ4n) is 3.87. The summed E-state index contributed by atoms with van der Waals surface area (Å²) in [6.45, 7) is 5.15. The number of carbonyl (C=O) groups excluding carboxylic acids is 1. The molecule has 3 aromatic carbocycles. The molecule has 0 bridgehead atoms. The molecule has 2 N–H and O–H groups in total. The van der Waals surface area contributed by atoms with Crippen molar-refractivity contribution in [2.75, 3.05) is 0 Å². The third kappa shape index (κ3) is 6.61. The van der Waals surface area contributed by atoms with Gasteiger partial charge in [-0.05, 0) is 35.2 Å². The van der Waals surface area contributed by atoms with E-state index in [0.29, 0.717) is 31.1 Å². The van der Waals surface area contributed by atoms with Crippen LogP contribution in [0, 0.1) is 0 Å². The summed E-state index contributed by atoms with van der Waals surface area (Å²) < 4.78 is 12.3. The van der Waals surface area contributed by atoms with E-state index in [9.17, 15) is 4.79 Å². The third-order valence-electron chi connectivity index (χ3n) is 5.76. The molecule has 0 aliphatic rings. The first kappa shape index (κ1) is 23.4. The number of hydrogen-bond acceptors (Lipinski definition) is 3. The van der Waals surface area contributed by atoms with Crippen LogP contribution in [0.25, 0.3) is 0 Å². The molecule has 0 saturated carbocycles. The van der Waals surface area contributed by atoms with Crippen LogP contribution in [0.15, 0.2) is 78.9 Å². The maximum absolute atomic E-state index is 11.8. The van der Waals surface area contributed by atoms with E-state index in [-0.39, 0.29) is 11.3 Å². The van der Waals surface area contributed by atoms with E-state index in [0.717, 1.165) is 36.0 Å². The number of rotatable bonds is 12. The van der Waals surface area contributed by atoms with Crippen LogP contribution in [0.1, 0.15) is 56.2 Å². The summed E-state index contributed by atoms with van der Waals surface area (Å²) in [6.07, 6.45) is 3.27. The average Bonchev–Trinajstić information content (AvgIpc) is 2.81. The van der Waals surface area contributed by atoms with Crippen LogP contribution in [0.4, 0.5) is 0 Å². The Labute approximate surface area is 191 Å². The number of nitrogens with two attached hydrogens (primary N) is 1. The molecule has 4 heteroatoms. The second-order valence-electron chi connectivity index (χ2n) is 8.52. The van der Waals surface area contributed by atoms with E-state index in [1.165, 1.54) is 0 Å². The van der Waals surface area contributed by atoms with Crippen molar-refractivity contribution in [3.8, 4) is 11.5 Å². The Morgan fingerprint density at radius 3 is 1.94 bits per heavy atom. The minimum absolute atomic E-state index is 0.292. The van der Waals surface area contributed by atoms with E-state index in [1.54, 1.807) is 0 Å². The molecule has 0 radical (unpaired) electrons. The molecule has 1 unspecified atom stereocenters. The van der Waals surface area contributed by atoms with Crippen LogP contribution in [0.2, 0.25) is 0 Å². The van der Waals surface area contributed by atoms with Gasteiger partial charge >= 0.3 is 0 Å². The molecule has 0 heterocycles. The summed E-state index contributed by atoms with van der Waals surface area (Å²) in [7, 11) is 0. The highest BCUT2D eigenvalue weighted by Crippen LogP contribution is 2.39. The minimum atomic E-state index is -0.343. The van der Waals surface area contributed by atoms with Gasteiger partial charge in [-0.3, -0.25) is 4.79 Å². The molecule has 1 atom stereocenters. The molecule has 1 amide bonds. The number of primary amides is 1. The van der Waals surface area contributed by atoms with Crippen molar-refractivity contribution in [2.45, 2.75) is 58.2 Å². The first-order valence-corrected chi connectivity index (χ1v) is 11.3. The van der Waals surface area contributed by atoms with Gasteiger partial charge in [0.1, 0.15) is 13.2 Å². The Kier molecular flexibility index (Phi) is 8.32. The number of unbranched alkanes of at least 4 members (excludes halogenated alkanes) is 1. The van der Waals surface area contributed by atoms with Crippen molar-refractivity contribution >= 4 is 5.91 Å². The highest BCUT2D eigenvalue weighted by atomic mass is 16.5. The van der Waals surface area contributed by atoms with Gasteiger partial charge in [0.05, 0.1) is 0 Å². The Morgan fingerprint density at radius 1 is 0.844 bits per heavy atom. The Bertz CT molecular complexity index is 988. The second-order valence-corrected chi connectivity index (χ2v) is 8.52. The van der Waals surface area contributed by atoms with Crippen molar-refractivity contribution in [1.29, 1.82) is 0 Å². The molecular formula is C28H33NO3. The number of amides is 1. The summed E-state index contributed by atoms with van der Waals surface area (Å²) >= 11 is 0. The lowest BCUT2D eigenvalue weighted by atomic mass is 9.75. The van der Waals surface area contributed by atoms with Crippen LogP contribution < -0.4 is 15.2 Å². The lowest BCUT2D eigenvalue weighted by Crippen LogP contribution is -2.29. The van der Waals surface area contributed by atoms with E-state index in [4.69, 9.17) is 15.2 Å². The van der Waals surface area contributed by atoms with Crippen LogP contribution in [-0.2, 0) is 23.4 Å². The standard InChI is InChI=1S/C28H33NO3/c1-3-4-17-28(2,19-27(29)30)24-15-16-25(31-20-22-11-7-5-8-12-22)26(18-24)32-21-23-13-9-6-10-14-23/h5-16,18H,3-4,17,19-21H2,1-2H3,(H2,29,30). The summed E-state index contributed by atoms with van der Waals surface area (Å²) in [5.74, 6) is 1.07. The molecule has 0 spiro atoms. The predicted molar refractivity (Wildman–Crippen MR) is 129 cm³/mol. The minimum Gasteiger partial charge on any atom is -0.485 e. The molecule has 3 aromatic rings. The van der Waals surface area contributed by atoms with Crippen molar-refractivity contribution in [2.24, 2.45) is 5.73 Å². The molecule has 0 saturated heterocycles. The lowest BCUT2D eigenvalue weighted by molar-refractivity contribution is -0.119. The Balaban J connectivity index is 1.88. The molecular weight excluding hydrogens is 398 g/mol. The predicted octanol–water partition coefficient (Wildman–Crippen LogP) is 6.17. The van der Waals surface area contributed by atoms with Gasteiger partial charge in [-0.25, -0.2) is 0 Å². The molecule has 4 nitrogen and oxygen atoms in total. The highest BCUT2D eigenvalue weighted by molar-refractivity contribution is 5.75. The van der Waals surface area contributed by atoms with Gasteiger partial charge in [-0.15, -0.1) is 0 Å². The third-order valence-corrected chi connectivity index (χ3v) is 5.76. The maximum Gasteiger partial charge on any atom is 0.218 e. The summed E-state index contributed by atoms with van der Waals surface area (Å²) in [5.41, 5.74) is 8.48. The molecule has 0 fully saturated rings. The van der Waals surface area contributed by atoms with Gasteiger partial charge in [0.2, 0.25) is 5.91 Å². The van der Waals surface area contributed by atoms with Gasteiger partial charge in [-0.1, -0.05) is 93.4 Å². The molecule has 0 aromatic heterocycles. The van der Waals surface area contributed by atoms with Crippen molar-refractivity contribution in [3.63, 3.8) is 0 Å². The summed E-state index contributed by atoms with van der Waals surface area (Å²) in [4.78, 5) is 11.8. The van der Waals surface area contributed by atoms with E-state index < -0.39 is 0 Å². The quantitative estimate of drug-likeness (QED) is 0.373. The van der Waals surface area contributed by atoms with E-state index >= 15 is 0 Å². The molecule has 32 heavy (non-hydrogen) atoms. The zero-order valence-corrected chi connectivity index (χ0v) is 19.1. The highest BCUT2D eigenvalue weighted by Gasteiger charge is 2.29. The van der Waals surface area contributed by atoms with E-state index in [2.05, 4.69) is 13.8 Å². The Hall–Kier alpha value is -3.27. The fraction of sp³-hybridized carbons (Fsp3) is 0.321. The fourth-order valence-corrected chi connectivity index (χ4v) is 3.87. The van der Waals surface area contributed by atoms with Gasteiger partial charge in [0, 0.05) is 11.8 Å². The SMILES string of the molecule is CCCCC(C)(CC(N)=O)c1ccc(OCc2ccccc2)c(OCc2ccccc2)c1. The zero-order chi connectivity index (χ0) is 22.8. The second kappa shape index (κ2) is 11.4. The summed E-state index contributed by atoms with van der Waals surface area (Å²) in [5, 5.41) is 0. The average molecular weight is 432 g/mol. The normalized spacial score (nSPS) is 12.7. The number of benzene rings is 3. The monoisotopic (exact) mass is 431 g/mol. The van der Waals surface area contributed by atoms with Crippen LogP contribution >= 0.6 is 0 Å². The van der Waals surface area contributed by atoms with E-state index in [1.807, 2.05) is 78.9 Å². The summed E-state index contributed by atoms with van der Waals surface area (Å²) in [6, 6.07) is 26.1. The number of hydrogen-bond donors (Lipinski definition) is 1. The molecule has 3 rings (SSSR count). The topological polar surface area (TPSA) is 61.6 Å². The van der Waals surface area contributed by atoms with Crippen molar-refractivity contribution in [1.82, 2.24) is 0 Å². The molecule has 168 valence electrons. The van der Waals surface area contributed by atoms with Gasteiger partial charge < -0.3 is 15.2 Å². The van der Waals surface area contributed by atoms with Crippen LogP contribution in [0.3, 0.4) is 0 Å². The largest absolute Gasteiger partial charge is 0.485 e. The Morgan fingerprint density at radius 2 is 1.41 bits per heavy atom. The van der Waals surface area contributed by atoms with Gasteiger partial charge in [-0.2, -0.15) is 0 Å². The molecule has 0 aliphatic heterocycles. The van der Waals surface area contributed by atoms with Crippen LogP contribution in [-0.4, -0.2) is 5.91 Å². The molecule has 0 aliphatic carbocycles. The van der Waals surface area contributed by atoms with Gasteiger partial charge in [0.25, 0.3) is 0 Å². The van der Waals surface area contributed by atoms with Gasteiger partial charge in [0.15, 0.2) is 11.5 Å². The van der Waals surface area contributed by atoms with Crippen LogP contribution in [0.5, 0.6) is 11.5 Å². The maximum atomic E-state index is 11.8. The van der Waals surface area contributed by atoms with Crippen molar-refractivity contribution in [3.05, 3.63) is 95.6 Å². The first-order valence-electron chi connectivity index (χ1n) is 11.3. The first-order chi connectivity index (χ1) is 15.5. The van der Waals surface area contributed by atoms with Crippen molar-refractivity contribution < 1.29 is 14.3 Å².